The summed E-state index contributed by atoms with van der Waals surface area (Å²) in [5, 5.41) is 11.9. The number of benzene rings is 1. The number of para-hydroxylation sites is 1. The highest BCUT2D eigenvalue weighted by molar-refractivity contribution is 7.97. The van der Waals surface area contributed by atoms with Crippen LogP contribution in [0.5, 0.6) is 0 Å². The molecule has 0 amide bonds. The number of sulfone groups is 1. The van der Waals surface area contributed by atoms with E-state index >= 15 is 0 Å². The van der Waals surface area contributed by atoms with Crippen LogP contribution >= 0.6 is 0 Å². The topological polar surface area (TPSA) is 117 Å². The smallest absolute Gasteiger partial charge is 0.318 e. The van der Waals surface area contributed by atoms with Crippen molar-refractivity contribution in [3.05, 3.63) is 48.8 Å². The molecule has 0 aliphatic carbocycles. The molecule has 9 nitrogen and oxygen atoms in total. The van der Waals surface area contributed by atoms with Crippen LogP contribution in [0.1, 0.15) is 20.3 Å². The number of hydrogen-bond donors (Lipinski definition) is 1. The Balaban J connectivity index is 1.75. The normalized spacial score (nSPS) is 13.7. The zero-order chi connectivity index (χ0) is 21.1. The van der Waals surface area contributed by atoms with E-state index < -0.39 is 10.2 Å². The summed E-state index contributed by atoms with van der Waals surface area (Å²) in [5.41, 5.74) is 0.877. The molecular formula is C20H22N6O3S. The molecule has 0 bridgehead atoms. The first-order valence-corrected chi connectivity index (χ1v) is 11.1. The molecule has 3 heterocycles. The van der Waals surface area contributed by atoms with Gasteiger partial charge in [-0.15, -0.1) is 0 Å². The van der Waals surface area contributed by atoms with E-state index in [9.17, 15) is 8.76 Å². The van der Waals surface area contributed by atoms with Crippen molar-refractivity contribution < 1.29 is 13.5 Å². The fourth-order valence-electron chi connectivity index (χ4n) is 3.07. The van der Waals surface area contributed by atoms with Crippen LogP contribution in [0, 0.1) is 0 Å². The molecule has 1 unspecified atom stereocenters. The minimum Gasteiger partial charge on any atom is -0.604 e. The first kappa shape index (κ1) is 20.3. The quantitative estimate of drug-likeness (QED) is 0.337. The minimum absolute atomic E-state index is 0.0442. The van der Waals surface area contributed by atoms with E-state index in [1.807, 2.05) is 38.1 Å². The van der Waals surface area contributed by atoms with Crippen molar-refractivity contribution in [3.63, 3.8) is 0 Å². The van der Waals surface area contributed by atoms with Gasteiger partial charge in [-0.1, -0.05) is 26.7 Å². The number of pyridine rings is 1. The number of nitrogens with zero attached hydrogens (tertiary/aromatic N) is 5. The summed E-state index contributed by atoms with van der Waals surface area (Å²) in [6, 6.07) is 10.6. The Kier molecular flexibility index (Phi) is 5.71. The molecule has 156 valence electrons. The Hall–Kier alpha value is -2.95. The molecule has 1 N–H and O–H groups in total. The molecule has 1 atom stereocenters. The van der Waals surface area contributed by atoms with Crippen molar-refractivity contribution in [2.45, 2.75) is 36.3 Å². The van der Waals surface area contributed by atoms with E-state index in [4.69, 9.17) is 4.74 Å². The Morgan fingerprint density at radius 2 is 2.07 bits per heavy atom. The van der Waals surface area contributed by atoms with Crippen molar-refractivity contribution in [1.29, 1.82) is 0 Å². The summed E-state index contributed by atoms with van der Waals surface area (Å²) in [6.07, 6.45) is 3.77. The van der Waals surface area contributed by atoms with Gasteiger partial charge in [-0.3, -0.25) is 4.98 Å². The lowest BCUT2D eigenvalue weighted by molar-refractivity contribution is 0.0787. The maximum atomic E-state index is 13.1. The second kappa shape index (κ2) is 8.42. The second-order valence-electron chi connectivity index (χ2n) is 7.00. The molecule has 0 radical (unpaired) electrons. The van der Waals surface area contributed by atoms with Gasteiger partial charge in [-0.2, -0.15) is 4.52 Å². The molecule has 1 aromatic carbocycles. The number of ether oxygens (including phenoxy) is 1. The molecule has 0 spiro atoms. The average molecular weight is 427 g/mol. The van der Waals surface area contributed by atoms with E-state index in [1.54, 1.807) is 6.07 Å². The van der Waals surface area contributed by atoms with Crippen molar-refractivity contribution in [2.75, 3.05) is 18.5 Å². The second-order valence-corrected chi connectivity index (χ2v) is 8.86. The van der Waals surface area contributed by atoms with Crippen molar-refractivity contribution in [2.24, 2.45) is 0 Å². The highest BCUT2D eigenvalue weighted by Crippen LogP contribution is 2.30. The molecule has 0 aliphatic rings. The van der Waals surface area contributed by atoms with Crippen LogP contribution in [0.2, 0.25) is 0 Å². The molecule has 0 saturated carbocycles. The van der Waals surface area contributed by atoms with Gasteiger partial charge in [0.1, 0.15) is 16.0 Å². The lowest BCUT2D eigenvalue weighted by Crippen LogP contribution is -2.14. The van der Waals surface area contributed by atoms with Crippen LogP contribution < -0.4 is 5.32 Å². The van der Waals surface area contributed by atoms with Crippen LogP contribution in [0.4, 0.5) is 5.82 Å². The van der Waals surface area contributed by atoms with E-state index in [0.29, 0.717) is 24.5 Å². The van der Waals surface area contributed by atoms with Crippen LogP contribution in [0.15, 0.2) is 58.7 Å². The fraction of sp³-hybridized carbons (Fsp3) is 0.300. The fourth-order valence-corrected chi connectivity index (χ4v) is 4.27. The molecule has 0 fully saturated rings. The Labute approximate surface area is 174 Å². The van der Waals surface area contributed by atoms with Crippen LogP contribution in [0.3, 0.4) is 0 Å². The van der Waals surface area contributed by atoms with Gasteiger partial charge in [0, 0.05) is 24.7 Å². The third kappa shape index (κ3) is 3.89. The van der Waals surface area contributed by atoms with Gasteiger partial charge in [0.15, 0.2) is 4.90 Å². The van der Waals surface area contributed by atoms with Crippen molar-refractivity contribution in [3.8, 4) is 0 Å². The van der Waals surface area contributed by atoms with Crippen molar-refractivity contribution >= 4 is 32.6 Å². The average Bonchev–Trinajstić information content (AvgIpc) is 3.19. The predicted molar refractivity (Wildman–Crippen MR) is 112 cm³/mol. The van der Waals surface area contributed by atoms with Gasteiger partial charge in [-0.05, 0) is 44.5 Å². The SMILES string of the molecule is CC(C)OCCCNc1nc2c([S+](=O)([O-])c3cccnc3)nnn2c2ccccc12. The maximum absolute atomic E-state index is 13.1. The third-order valence-electron chi connectivity index (χ3n) is 4.49. The Morgan fingerprint density at radius 3 is 2.83 bits per heavy atom. The summed E-state index contributed by atoms with van der Waals surface area (Å²) in [5.74, 6) is 0.576. The van der Waals surface area contributed by atoms with Gasteiger partial charge in [0.25, 0.3) is 0 Å². The summed E-state index contributed by atoms with van der Waals surface area (Å²) < 4.78 is 33.2. The van der Waals surface area contributed by atoms with Gasteiger partial charge >= 0.3 is 5.03 Å². The van der Waals surface area contributed by atoms with Gasteiger partial charge in [-0.25, -0.2) is 4.98 Å². The monoisotopic (exact) mass is 426 g/mol. The van der Waals surface area contributed by atoms with Gasteiger partial charge < -0.3 is 14.6 Å². The van der Waals surface area contributed by atoms with Crippen LogP contribution in [-0.4, -0.2) is 48.6 Å². The van der Waals surface area contributed by atoms with Crippen molar-refractivity contribution in [1.82, 2.24) is 24.8 Å². The summed E-state index contributed by atoms with van der Waals surface area (Å²) in [6.45, 7) is 5.24. The first-order chi connectivity index (χ1) is 14.5. The highest BCUT2D eigenvalue weighted by Gasteiger charge is 2.32. The summed E-state index contributed by atoms with van der Waals surface area (Å²) in [7, 11) is -3.91. The summed E-state index contributed by atoms with van der Waals surface area (Å²) in [4.78, 5) is 8.52. The molecule has 10 heteroatoms. The van der Waals surface area contributed by atoms with Crippen LogP contribution in [0.25, 0.3) is 16.6 Å². The number of aromatic nitrogens is 5. The largest absolute Gasteiger partial charge is 0.604 e. The zero-order valence-corrected chi connectivity index (χ0v) is 17.5. The molecule has 0 saturated heterocycles. The number of rotatable bonds is 8. The van der Waals surface area contributed by atoms with Crippen LogP contribution in [-0.2, 0) is 19.2 Å². The number of fused-ring (bicyclic) bond motifs is 3. The first-order valence-electron chi connectivity index (χ1n) is 9.63. The maximum Gasteiger partial charge on any atom is 0.318 e. The lowest BCUT2D eigenvalue weighted by atomic mass is 10.2. The van der Waals surface area contributed by atoms with E-state index in [2.05, 4.69) is 25.6 Å². The highest BCUT2D eigenvalue weighted by atomic mass is 32.3. The number of anilines is 1. The standard InChI is InChI=1S/C20H22N6O3S/c1-14(2)29-12-6-11-22-18-16-8-3-4-9-17(16)26-19(23-18)20(24-25-26)30(27,28)15-7-5-10-21-13-15/h3-5,7-10,13-14H,6,11-12H2,1-2H3,(H-,22,23,27,28). The molecule has 3 aromatic heterocycles. The van der Waals surface area contributed by atoms with E-state index in [-0.39, 0.29) is 21.7 Å². The molecule has 4 aromatic rings. The molecular weight excluding hydrogens is 404 g/mol. The summed E-state index contributed by atoms with van der Waals surface area (Å²) >= 11 is 0. The minimum atomic E-state index is -3.91. The van der Waals surface area contributed by atoms with Gasteiger partial charge in [0.2, 0.25) is 5.65 Å². The third-order valence-corrected chi connectivity index (χ3v) is 6.12. The van der Waals surface area contributed by atoms with E-state index in [1.165, 1.54) is 23.0 Å². The number of nitrogens with one attached hydrogen (secondary N) is 1. The Bertz CT molecular complexity index is 1210. The predicted octanol–water partition coefficient (Wildman–Crippen LogP) is 2.95. The van der Waals surface area contributed by atoms with Gasteiger partial charge in [0.05, 0.1) is 17.8 Å². The van der Waals surface area contributed by atoms with E-state index in [0.717, 1.165) is 11.8 Å². The lowest BCUT2D eigenvalue weighted by Gasteiger charge is -2.13. The zero-order valence-electron chi connectivity index (χ0n) is 16.7. The molecule has 30 heavy (non-hydrogen) atoms. The number of hydrogen-bond acceptors (Lipinski definition) is 8. The Morgan fingerprint density at radius 1 is 1.23 bits per heavy atom. The molecule has 0 aliphatic heterocycles. The molecule has 4 rings (SSSR count).